The van der Waals surface area contributed by atoms with E-state index >= 15 is 0 Å². The van der Waals surface area contributed by atoms with Gasteiger partial charge in [0.1, 0.15) is 0 Å². The average molecular weight is 449 g/mol. The van der Waals surface area contributed by atoms with Crippen LogP contribution in [-0.4, -0.2) is 71.8 Å². The molecule has 0 spiro atoms. The van der Waals surface area contributed by atoms with Crippen LogP contribution in [0.3, 0.4) is 0 Å². The molecule has 3 saturated heterocycles. The molecule has 1 amide bonds. The Morgan fingerprint density at radius 2 is 1.90 bits per heavy atom. The number of amides is 1. The van der Waals surface area contributed by atoms with Gasteiger partial charge in [-0.3, -0.25) is 9.69 Å². The van der Waals surface area contributed by atoms with Crippen molar-refractivity contribution in [2.24, 2.45) is 11.8 Å². The topological polar surface area (TPSA) is 70.1 Å². The van der Waals surface area contributed by atoms with E-state index in [1.165, 1.54) is 22.6 Å². The smallest absolute Gasteiger partial charge is 0.475 e. The van der Waals surface area contributed by atoms with Gasteiger partial charge in [0.15, 0.2) is 0 Å². The van der Waals surface area contributed by atoms with E-state index in [-0.39, 0.29) is 12.0 Å². The summed E-state index contributed by atoms with van der Waals surface area (Å²) in [6.07, 6.45) is -1.44. The zero-order valence-corrected chi connectivity index (χ0v) is 17.7. The number of alkyl halides is 3. The molecule has 6 nitrogen and oxygen atoms in total. The number of carbonyl (C=O) groups excluding carboxylic acids is 1. The molecule has 1 aromatic rings. The van der Waals surface area contributed by atoms with Gasteiger partial charge in [0.25, 0.3) is 0 Å². The second kappa shape index (κ2) is 9.65. The van der Waals surface area contributed by atoms with Crippen LogP contribution in [0, 0.1) is 18.8 Å². The van der Waals surface area contributed by atoms with Crippen LogP contribution in [-0.2, 0) is 20.9 Å². The number of hydrogen-bond acceptors (Lipinski definition) is 5. The van der Waals surface area contributed by atoms with E-state index < -0.39 is 12.1 Å². The average Bonchev–Trinajstić information content (AvgIpc) is 3.42. The van der Waals surface area contributed by atoms with Crippen LogP contribution in [0.2, 0.25) is 0 Å². The Bertz CT molecular complexity index is 749. The van der Waals surface area contributed by atoms with Gasteiger partial charge in [-0.05, 0) is 38.3 Å². The summed E-state index contributed by atoms with van der Waals surface area (Å²) in [6, 6.07) is 4.41. The van der Waals surface area contributed by atoms with Crippen molar-refractivity contribution in [2.45, 2.75) is 45.0 Å². The minimum Gasteiger partial charge on any atom is -0.475 e. The molecule has 10 heteroatoms. The van der Waals surface area contributed by atoms with E-state index in [1.807, 2.05) is 11.3 Å². The molecule has 3 atom stereocenters. The lowest BCUT2D eigenvalue weighted by Gasteiger charge is -2.40. The predicted octanol–water partition coefficient (Wildman–Crippen LogP) is 3.15. The predicted molar refractivity (Wildman–Crippen MR) is 105 cm³/mol. The summed E-state index contributed by atoms with van der Waals surface area (Å²) in [5.74, 6) is -1.80. The molecule has 4 rings (SSSR count). The molecular weight excluding hydrogens is 421 g/mol. The van der Waals surface area contributed by atoms with E-state index in [4.69, 9.17) is 14.6 Å². The van der Waals surface area contributed by atoms with E-state index in [1.54, 1.807) is 0 Å². The summed E-state index contributed by atoms with van der Waals surface area (Å²) >= 11 is 1.86. The molecule has 0 aliphatic carbocycles. The third kappa shape index (κ3) is 5.73. The number of rotatable bonds is 3. The molecule has 0 aromatic carbocycles. The number of nitrogens with zero attached hydrogens (tertiary/aromatic N) is 2. The summed E-state index contributed by atoms with van der Waals surface area (Å²) in [6.45, 7) is 7.72. The van der Waals surface area contributed by atoms with Crippen molar-refractivity contribution in [2.75, 3.05) is 32.8 Å². The summed E-state index contributed by atoms with van der Waals surface area (Å²) in [7, 11) is 0. The number of ether oxygens (including phenoxy) is 1. The summed E-state index contributed by atoms with van der Waals surface area (Å²) in [5.41, 5.74) is 0. The quantitative estimate of drug-likeness (QED) is 0.769. The summed E-state index contributed by atoms with van der Waals surface area (Å²) < 4.78 is 37.7. The Morgan fingerprint density at radius 1 is 1.23 bits per heavy atom. The molecule has 0 saturated carbocycles. The molecule has 3 aliphatic rings. The highest BCUT2D eigenvalue weighted by Crippen LogP contribution is 2.36. The maximum Gasteiger partial charge on any atom is 0.490 e. The minimum atomic E-state index is -5.08. The SMILES string of the molecule is Cc1ccc(CN2C[C@H]3OCC[C@H]3[C@H](C(=O)N3CCCC3)C2)s1.O=C(O)C(F)(F)F. The molecule has 0 unspecified atom stereocenters. The van der Waals surface area contributed by atoms with E-state index in [0.29, 0.717) is 11.8 Å². The van der Waals surface area contributed by atoms with Gasteiger partial charge in [-0.25, -0.2) is 4.79 Å². The van der Waals surface area contributed by atoms with Crippen LogP contribution in [0.25, 0.3) is 0 Å². The lowest BCUT2D eigenvalue weighted by atomic mass is 9.82. The molecular formula is C20H27F3N2O4S. The number of hydrogen-bond donors (Lipinski definition) is 1. The fourth-order valence-corrected chi connectivity index (χ4v) is 5.34. The minimum absolute atomic E-state index is 0.135. The van der Waals surface area contributed by atoms with Gasteiger partial charge in [-0.15, -0.1) is 11.3 Å². The maximum atomic E-state index is 13.0. The third-order valence-corrected chi connectivity index (χ3v) is 6.81. The lowest BCUT2D eigenvalue weighted by molar-refractivity contribution is -0.192. The maximum absolute atomic E-state index is 13.0. The van der Waals surface area contributed by atoms with Gasteiger partial charge in [-0.1, -0.05) is 0 Å². The van der Waals surface area contributed by atoms with Crippen molar-refractivity contribution in [1.29, 1.82) is 0 Å². The van der Waals surface area contributed by atoms with Crippen LogP contribution in [0.5, 0.6) is 0 Å². The fraction of sp³-hybridized carbons (Fsp3) is 0.700. The van der Waals surface area contributed by atoms with Crippen molar-refractivity contribution in [3.05, 3.63) is 21.9 Å². The number of halogens is 3. The largest absolute Gasteiger partial charge is 0.490 e. The van der Waals surface area contributed by atoms with Crippen molar-refractivity contribution < 1.29 is 32.6 Å². The Hall–Kier alpha value is -1.65. The highest BCUT2D eigenvalue weighted by molar-refractivity contribution is 7.11. The monoisotopic (exact) mass is 448 g/mol. The van der Waals surface area contributed by atoms with E-state index in [2.05, 4.69) is 28.9 Å². The molecule has 4 heterocycles. The Labute approximate surface area is 177 Å². The van der Waals surface area contributed by atoms with Gasteiger partial charge < -0.3 is 14.7 Å². The second-order valence-corrected chi connectivity index (χ2v) is 9.38. The number of carboxylic acids is 1. The Kier molecular flexibility index (Phi) is 7.41. The van der Waals surface area contributed by atoms with Crippen molar-refractivity contribution in [1.82, 2.24) is 9.80 Å². The van der Waals surface area contributed by atoms with Crippen molar-refractivity contribution in [3.8, 4) is 0 Å². The van der Waals surface area contributed by atoms with Crippen LogP contribution in [0.4, 0.5) is 13.2 Å². The summed E-state index contributed by atoms with van der Waals surface area (Å²) in [4.78, 5) is 29.2. The third-order valence-electron chi connectivity index (χ3n) is 5.82. The Balaban J connectivity index is 0.000000318. The zero-order valence-electron chi connectivity index (χ0n) is 16.9. The van der Waals surface area contributed by atoms with Crippen LogP contribution in [0.1, 0.15) is 29.0 Å². The number of aliphatic carboxylic acids is 1. The number of likely N-dealkylation sites (tertiary alicyclic amines) is 2. The molecule has 1 aromatic heterocycles. The fourth-order valence-electron chi connectivity index (χ4n) is 4.41. The first-order chi connectivity index (χ1) is 14.1. The van der Waals surface area contributed by atoms with Crippen LogP contribution < -0.4 is 0 Å². The molecule has 30 heavy (non-hydrogen) atoms. The zero-order chi connectivity index (χ0) is 21.9. The molecule has 3 fully saturated rings. The summed E-state index contributed by atoms with van der Waals surface area (Å²) in [5, 5.41) is 7.12. The first-order valence-corrected chi connectivity index (χ1v) is 10.9. The van der Waals surface area contributed by atoms with Crippen molar-refractivity contribution in [3.63, 3.8) is 0 Å². The van der Waals surface area contributed by atoms with E-state index in [0.717, 1.165) is 45.8 Å². The molecule has 168 valence electrons. The second-order valence-electron chi connectivity index (χ2n) is 8.01. The number of piperidine rings is 1. The van der Waals surface area contributed by atoms with Gasteiger partial charge in [0.05, 0.1) is 12.0 Å². The number of aryl methyl sites for hydroxylation is 1. The molecule has 3 aliphatic heterocycles. The molecule has 1 N–H and O–H groups in total. The van der Waals surface area contributed by atoms with Crippen LogP contribution >= 0.6 is 11.3 Å². The van der Waals surface area contributed by atoms with Gasteiger partial charge >= 0.3 is 12.1 Å². The Morgan fingerprint density at radius 3 is 2.47 bits per heavy atom. The normalized spacial score (nSPS) is 26.8. The van der Waals surface area contributed by atoms with Gasteiger partial charge in [-0.2, -0.15) is 13.2 Å². The van der Waals surface area contributed by atoms with Gasteiger partial charge in [0, 0.05) is 55.0 Å². The first kappa shape index (κ1) is 23.0. The number of fused-ring (bicyclic) bond motifs is 1. The number of thiophene rings is 1. The van der Waals surface area contributed by atoms with Crippen molar-refractivity contribution >= 4 is 23.2 Å². The molecule has 0 radical (unpaired) electrons. The molecule has 0 bridgehead atoms. The highest BCUT2D eigenvalue weighted by Gasteiger charge is 2.45. The first-order valence-electron chi connectivity index (χ1n) is 10.1. The lowest BCUT2D eigenvalue weighted by Crippen LogP contribution is -2.52. The van der Waals surface area contributed by atoms with E-state index in [9.17, 15) is 18.0 Å². The number of carbonyl (C=O) groups is 2. The van der Waals surface area contributed by atoms with Gasteiger partial charge in [0.2, 0.25) is 5.91 Å². The highest BCUT2D eigenvalue weighted by atomic mass is 32.1. The van der Waals surface area contributed by atoms with Crippen LogP contribution in [0.15, 0.2) is 12.1 Å². The number of carboxylic acid groups (broad SMARTS) is 1. The standard InChI is InChI=1S/C18H26N2O2S.C2HF3O2/c1-13-4-5-14(23-13)10-19-11-16(15-6-9-22-17(15)12-19)18(21)20-7-2-3-8-20;3-2(4,5)1(6)7/h4-5,15-17H,2-3,6-12H2,1H3;(H,6,7)/t15-,16+,17+;/m0./s1.